The van der Waals surface area contributed by atoms with Gasteiger partial charge in [-0.2, -0.15) is 0 Å². The zero-order valence-electron chi connectivity index (χ0n) is 31.4. The fourth-order valence-corrected chi connectivity index (χ4v) is 7.16. The van der Waals surface area contributed by atoms with Gasteiger partial charge in [0.15, 0.2) is 0 Å². The monoisotopic (exact) mass is 796 g/mol. The fraction of sp³-hybridized carbons (Fsp3) is 0.359. The summed E-state index contributed by atoms with van der Waals surface area (Å²) < 4.78 is 35.2. The molecule has 1 atom stereocenters. The van der Waals surface area contributed by atoms with Gasteiger partial charge in [0.05, 0.1) is 34.1 Å². The molecule has 1 aliphatic heterocycles. The molecule has 3 aromatic heterocycles. The average Bonchev–Trinajstić information content (AvgIpc) is 3.85. The number of nitrogens with zero attached hydrogens (tertiary/aromatic N) is 4. The van der Waals surface area contributed by atoms with E-state index in [0.29, 0.717) is 45.0 Å². The molecule has 2 amide bonds. The van der Waals surface area contributed by atoms with Gasteiger partial charge in [-0.3, -0.25) is 13.9 Å². The molecule has 0 saturated carbocycles. The molecule has 2 aromatic carbocycles. The van der Waals surface area contributed by atoms with E-state index in [0.717, 1.165) is 59.5 Å². The topological polar surface area (TPSA) is 144 Å². The van der Waals surface area contributed by atoms with Crippen LogP contribution in [0.15, 0.2) is 58.1 Å². The molecule has 12 nitrogen and oxygen atoms in total. The van der Waals surface area contributed by atoms with Crippen molar-refractivity contribution in [3.05, 3.63) is 96.2 Å². The maximum absolute atomic E-state index is 13.8. The van der Waals surface area contributed by atoms with Crippen LogP contribution in [0.3, 0.4) is 0 Å². The third-order valence-electron chi connectivity index (χ3n) is 9.34. The molecule has 5 aromatic rings. The molecule has 4 heterocycles. The van der Waals surface area contributed by atoms with Gasteiger partial charge in [-0.15, -0.1) is 0 Å². The van der Waals surface area contributed by atoms with Crippen LogP contribution in [0, 0.1) is 0 Å². The zero-order chi connectivity index (χ0) is 40.0. The number of rotatable bonds is 9. The molecule has 4 N–H and O–H groups in total. The maximum Gasteiger partial charge on any atom is 0.330 e. The van der Waals surface area contributed by atoms with Gasteiger partial charge in [0.2, 0.25) is 5.88 Å². The Morgan fingerprint density at radius 1 is 0.964 bits per heavy atom. The van der Waals surface area contributed by atoms with E-state index in [9.17, 15) is 23.2 Å². The van der Waals surface area contributed by atoms with Gasteiger partial charge in [0, 0.05) is 48.9 Å². The quantitative estimate of drug-likeness (QED) is 0.123. The van der Waals surface area contributed by atoms with Gasteiger partial charge < -0.3 is 26.0 Å². The molecular formula is C39H44Cl2F2N8O4. The summed E-state index contributed by atoms with van der Waals surface area (Å²) in [6.07, 6.45) is 0.938. The molecule has 1 unspecified atom stereocenters. The van der Waals surface area contributed by atoms with Crippen LogP contribution in [-0.4, -0.2) is 58.4 Å². The van der Waals surface area contributed by atoms with Crippen LogP contribution in [0.5, 0.6) is 5.88 Å². The second kappa shape index (κ2) is 18.1. The number of anilines is 2. The number of methoxy groups -OCH3 is 1. The second-order valence-corrected chi connectivity index (χ2v) is 13.5. The Kier molecular flexibility index (Phi) is 13.5. The first-order chi connectivity index (χ1) is 26.4. The number of ether oxygens (including phenoxy) is 1. The summed E-state index contributed by atoms with van der Waals surface area (Å²) in [5.41, 5.74) is 3.23. The SMILES string of the molecule is CC.CNCCC1CNC(=O)N1.COc1nc(-c2cccc(-c3cccc(Nc4nc(C(F)F)cc5c4c(=O)n(C)c(=O)n5C)c3Cl)c2Cl)cc2c1CCC2. The second-order valence-electron chi connectivity index (χ2n) is 12.7. The van der Waals surface area contributed by atoms with Gasteiger partial charge in [-0.1, -0.05) is 67.4 Å². The summed E-state index contributed by atoms with van der Waals surface area (Å²) in [5, 5.41) is 12.1. The Bertz CT molecular complexity index is 2330. The standard InChI is InChI=1S/C31H25Cl2F2N5O3.C6H13N3O.C2H6/c1-39-23-14-22(27(34)35)37-28(24(23)30(41)40(2)31(39)42)36-20-12-6-10-18(26(20)33)17-9-5-11-19(25(17)32)21-13-15-7-4-8-16(15)29(38-21)43-3;1-7-3-2-5-4-8-6(10)9-5;1-2/h5-6,9-14,27H,4,7-8H2,1-3H3,(H,36,37);5,7H,2-4H2,1H3,(H2,8,9,10);1-2H3. The van der Waals surface area contributed by atoms with Crippen molar-refractivity contribution in [1.82, 2.24) is 35.1 Å². The lowest BCUT2D eigenvalue weighted by Gasteiger charge is -2.17. The molecule has 55 heavy (non-hydrogen) atoms. The highest BCUT2D eigenvalue weighted by Gasteiger charge is 2.23. The summed E-state index contributed by atoms with van der Waals surface area (Å²) in [7, 11) is 6.22. The number of urea groups is 1. The number of hydrogen-bond donors (Lipinski definition) is 4. The number of fused-ring (bicyclic) bond motifs is 2. The van der Waals surface area contributed by atoms with Crippen molar-refractivity contribution >= 4 is 51.6 Å². The third kappa shape index (κ3) is 8.61. The van der Waals surface area contributed by atoms with E-state index in [1.165, 1.54) is 19.7 Å². The van der Waals surface area contributed by atoms with Crippen molar-refractivity contribution in [2.45, 2.75) is 52.0 Å². The van der Waals surface area contributed by atoms with Gasteiger partial charge in [-0.05, 0) is 63.0 Å². The van der Waals surface area contributed by atoms with Crippen LogP contribution in [0.4, 0.5) is 25.1 Å². The normalized spacial score (nSPS) is 14.4. The van der Waals surface area contributed by atoms with Crippen LogP contribution in [0.25, 0.3) is 33.3 Å². The van der Waals surface area contributed by atoms with Crippen LogP contribution < -0.4 is 37.3 Å². The minimum atomic E-state index is -2.95. The van der Waals surface area contributed by atoms with Crippen LogP contribution >= 0.6 is 23.2 Å². The van der Waals surface area contributed by atoms with Gasteiger partial charge in [0.1, 0.15) is 16.9 Å². The first kappa shape index (κ1) is 41.1. The van der Waals surface area contributed by atoms with E-state index in [1.807, 2.05) is 45.2 Å². The lowest BCUT2D eigenvalue weighted by molar-refractivity contribution is 0.146. The van der Waals surface area contributed by atoms with Crippen molar-refractivity contribution in [2.24, 2.45) is 14.1 Å². The van der Waals surface area contributed by atoms with E-state index >= 15 is 0 Å². The smallest absolute Gasteiger partial charge is 0.330 e. The Balaban J connectivity index is 0.000000417. The highest BCUT2D eigenvalue weighted by Crippen LogP contribution is 2.43. The molecular weight excluding hydrogens is 753 g/mol. The Hall–Kier alpha value is -5.05. The number of nitrogens with one attached hydrogen (secondary N) is 4. The predicted molar refractivity (Wildman–Crippen MR) is 214 cm³/mol. The fourth-order valence-electron chi connectivity index (χ4n) is 6.56. The molecule has 16 heteroatoms. The summed E-state index contributed by atoms with van der Waals surface area (Å²) in [6, 6.07) is 14.0. The number of carbonyl (C=O) groups excluding carboxylic acids is 1. The van der Waals surface area contributed by atoms with Crippen LogP contribution in [0.1, 0.15) is 49.9 Å². The summed E-state index contributed by atoms with van der Waals surface area (Å²) in [4.78, 5) is 45.0. The minimum Gasteiger partial charge on any atom is -0.481 e. The van der Waals surface area contributed by atoms with E-state index in [2.05, 4.69) is 26.3 Å². The number of halogens is 4. The highest BCUT2D eigenvalue weighted by atomic mass is 35.5. The first-order valence-electron chi connectivity index (χ1n) is 17.9. The number of pyridine rings is 2. The number of amides is 2. The lowest BCUT2D eigenvalue weighted by atomic mass is 9.99. The Morgan fingerprint density at radius 2 is 1.65 bits per heavy atom. The van der Waals surface area contributed by atoms with Crippen molar-refractivity contribution < 1.29 is 18.3 Å². The molecule has 1 aliphatic carbocycles. The molecule has 7 rings (SSSR count). The summed E-state index contributed by atoms with van der Waals surface area (Å²) in [5.74, 6) is 0.433. The van der Waals surface area contributed by atoms with Crippen molar-refractivity contribution in [3.63, 3.8) is 0 Å². The Morgan fingerprint density at radius 3 is 2.31 bits per heavy atom. The number of alkyl halides is 2. The van der Waals surface area contributed by atoms with E-state index in [4.69, 9.17) is 32.9 Å². The summed E-state index contributed by atoms with van der Waals surface area (Å²) in [6.45, 7) is 5.72. The van der Waals surface area contributed by atoms with Crippen LogP contribution in [-0.2, 0) is 26.9 Å². The number of aromatic nitrogens is 4. The molecule has 1 fully saturated rings. The highest BCUT2D eigenvalue weighted by molar-refractivity contribution is 6.39. The zero-order valence-corrected chi connectivity index (χ0v) is 33.0. The molecule has 292 valence electrons. The number of carbonyl (C=O) groups is 1. The first-order valence-corrected chi connectivity index (χ1v) is 18.7. The molecule has 2 aliphatic rings. The van der Waals surface area contributed by atoms with Crippen LogP contribution in [0.2, 0.25) is 10.0 Å². The van der Waals surface area contributed by atoms with E-state index in [1.54, 1.807) is 25.3 Å². The van der Waals surface area contributed by atoms with Gasteiger partial charge in [0.25, 0.3) is 12.0 Å². The van der Waals surface area contributed by atoms with E-state index < -0.39 is 23.4 Å². The lowest BCUT2D eigenvalue weighted by Crippen LogP contribution is -2.37. The number of benzene rings is 2. The predicted octanol–water partition coefficient (Wildman–Crippen LogP) is 7.15. The van der Waals surface area contributed by atoms with E-state index in [-0.39, 0.29) is 27.8 Å². The molecule has 0 radical (unpaired) electrons. The number of hydrogen-bond acceptors (Lipinski definition) is 8. The van der Waals surface area contributed by atoms with Crippen molar-refractivity contribution in [1.29, 1.82) is 0 Å². The maximum atomic E-state index is 13.8. The van der Waals surface area contributed by atoms with Crippen molar-refractivity contribution in [3.8, 4) is 28.3 Å². The largest absolute Gasteiger partial charge is 0.481 e. The van der Waals surface area contributed by atoms with Crippen molar-refractivity contribution in [2.75, 3.05) is 32.6 Å². The Labute approximate surface area is 327 Å². The molecule has 1 saturated heterocycles. The molecule has 0 spiro atoms. The summed E-state index contributed by atoms with van der Waals surface area (Å²) >= 11 is 13.9. The minimum absolute atomic E-state index is 0.0150. The number of aryl methyl sites for hydroxylation is 2. The van der Waals surface area contributed by atoms with Gasteiger partial charge in [-0.25, -0.2) is 28.3 Å². The molecule has 0 bridgehead atoms. The van der Waals surface area contributed by atoms with Gasteiger partial charge >= 0.3 is 11.7 Å². The third-order valence-corrected chi connectivity index (χ3v) is 10.2. The average molecular weight is 798 g/mol.